The SMILES string of the molecule is C#CCCC1(CCNC(=O)c2cnn(-c3ccc(F)cc3)c2C(C)C)N=N1. The molecule has 0 radical (unpaired) electrons. The molecular weight excluding hydrogens is 345 g/mol. The molecule has 2 aromatic rings. The van der Waals surface area contributed by atoms with Crippen molar-refractivity contribution in [1.29, 1.82) is 0 Å². The van der Waals surface area contributed by atoms with E-state index in [0.29, 0.717) is 37.1 Å². The Morgan fingerprint density at radius 3 is 2.59 bits per heavy atom. The van der Waals surface area contributed by atoms with Gasteiger partial charge in [0.25, 0.3) is 5.91 Å². The summed E-state index contributed by atoms with van der Waals surface area (Å²) in [5, 5.41) is 15.4. The number of terminal acetylenes is 1. The summed E-state index contributed by atoms with van der Waals surface area (Å²) in [5.74, 6) is 2.14. The Bertz CT molecular complexity index is 886. The molecule has 0 aliphatic carbocycles. The molecule has 6 nitrogen and oxygen atoms in total. The van der Waals surface area contributed by atoms with Crippen LogP contribution in [-0.2, 0) is 0 Å². The molecule has 2 heterocycles. The smallest absolute Gasteiger partial charge is 0.254 e. The van der Waals surface area contributed by atoms with Crippen molar-refractivity contribution >= 4 is 5.91 Å². The maximum atomic E-state index is 13.2. The van der Waals surface area contributed by atoms with Gasteiger partial charge in [0.1, 0.15) is 5.82 Å². The van der Waals surface area contributed by atoms with Gasteiger partial charge in [0.15, 0.2) is 5.66 Å². The molecule has 0 unspecified atom stereocenters. The molecule has 0 atom stereocenters. The molecule has 3 rings (SSSR count). The van der Waals surface area contributed by atoms with Gasteiger partial charge in [0.2, 0.25) is 0 Å². The largest absolute Gasteiger partial charge is 0.352 e. The highest BCUT2D eigenvalue weighted by atomic mass is 19.1. The number of amides is 1. The lowest BCUT2D eigenvalue weighted by molar-refractivity contribution is 0.0950. The minimum atomic E-state index is -0.418. The molecule has 0 saturated carbocycles. The summed E-state index contributed by atoms with van der Waals surface area (Å²) in [4.78, 5) is 12.7. The summed E-state index contributed by atoms with van der Waals surface area (Å²) < 4.78 is 14.9. The summed E-state index contributed by atoms with van der Waals surface area (Å²) in [6.07, 6.45) is 8.79. The van der Waals surface area contributed by atoms with Crippen LogP contribution >= 0.6 is 0 Å². The number of aromatic nitrogens is 2. The van der Waals surface area contributed by atoms with Gasteiger partial charge < -0.3 is 5.32 Å². The first-order valence-electron chi connectivity index (χ1n) is 8.95. The van der Waals surface area contributed by atoms with Crippen LogP contribution in [0.3, 0.4) is 0 Å². The highest BCUT2D eigenvalue weighted by Gasteiger charge is 2.38. The maximum absolute atomic E-state index is 13.2. The quantitative estimate of drug-likeness (QED) is 0.720. The van der Waals surface area contributed by atoms with Crippen molar-refractivity contribution in [1.82, 2.24) is 15.1 Å². The van der Waals surface area contributed by atoms with Gasteiger partial charge in [-0.05, 0) is 30.2 Å². The molecule has 1 aliphatic heterocycles. The zero-order valence-electron chi connectivity index (χ0n) is 15.4. The number of hydrogen-bond acceptors (Lipinski definition) is 4. The van der Waals surface area contributed by atoms with E-state index in [1.165, 1.54) is 12.1 Å². The first-order valence-corrected chi connectivity index (χ1v) is 8.95. The van der Waals surface area contributed by atoms with Gasteiger partial charge in [-0.3, -0.25) is 4.79 Å². The van der Waals surface area contributed by atoms with E-state index in [1.807, 2.05) is 13.8 Å². The molecule has 7 heteroatoms. The van der Waals surface area contributed by atoms with Gasteiger partial charge in [-0.25, -0.2) is 9.07 Å². The second-order valence-electron chi connectivity index (χ2n) is 6.88. The third-order valence-corrected chi connectivity index (χ3v) is 4.53. The summed E-state index contributed by atoms with van der Waals surface area (Å²) in [6, 6.07) is 6.03. The molecule has 1 aliphatic rings. The molecule has 1 aromatic heterocycles. The molecule has 0 bridgehead atoms. The molecule has 140 valence electrons. The van der Waals surface area contributed by atoms with Crippen molar-refractivity contribution in [2.75, 3.05) is 6.54 Å². The van der Waals surface area contributed by atoms with Crippen molar-refractivity contribution < 1.29 is 9.18 Å². The highest BCUT2D eigenvalue weighted by molar-refractivity contribution is 5.95. The predicted octanol–water partition coefficient (Wildman–Crippen LogP) is 3.83. The third kappa shape index (κ3) is 4.22. The average Bonchev–Trinajstić information content (AvgIpc) is 3.26. The number of nitrogens with zero attached hydrogens (tertiary/aromatic N) is 4. The fraction of sp³-hybridized carbons (Fsp3) is 0.400. The standard InChI is InChI=1S/C20H22FN5O/c1-4-5-10-20(24-25-20)11-12-22-19(27)17-13-23-26(18(17)14(2)3)16-8-6-15(21)7-9-16/h1,6-9,13-14H,5,10-12H2,2-3H3,(H,22,27). The minimum absolute atomic E-state index is 0.0636. The van der Waals surface area contributed by atoms with Gasteiger partial charge in [-0.15, -0.1) is 12.3 Å². The second kappa shape index (κ2) is 7.70. The van der Waals surface area contributed by atoms with Crippen LogP contribution < -0.4 is 5.32 Å². The van der Waals surface area contributed by atoms with Crippen LogP contribution in [-0.4, -0.2) is 27.9 Å². The van der Waals surface area contributed by atoms with Crippen molar-refractivity contribution in [3.05, 3.63) is 47.5 Å². The third-order valence-electron chi connectivity index (χ3n) is 4.53. The van der Waals surface area contributed by atoms with E-state index < -0.39 is 5.66 Å². The van der Waals surface area contributed by atoms with E-state index in [1.54, 1.807) is 23.0 Å². The number of nitrogens with one attached hydrogen (secondary N) is 1. The summed E-state index contributed by atoms with van der Waals surface area (Å²) >= 11 is 0. The second-order valence-corrected chi connectivity index (χ2v) is 6.88. The minimum Gasteiger partial charge on any atom is -0.352 e. The van der Waals surface area contributed by atoms with Crippen molar-refractivity contribution in [2.24, 2.45) is 10.2 Å². The van der Waals surface area contributed by atoms with Gasteiger partial charge in [-0.2, -0.15) is 15.3 Å². The van der Waals surface area contributed by atoms with Gasteiger partial charge in [0.05, 0.1) is 23.1 Å². The van der Waals surface area contributed by atoms with E-state index in [-0.39, 0.29) is 17.6 Å². The van der Waals surface area contributed by atoms with Crippen molar-refractivity contribution in [3.8, 4) is 18.0 Å². The number of carbonyl (C=O) groups excluding carboxylic acids is 1. The van der Waals surface area contributed by atoms with Crippen LogP contribution in [0, 0.1) is 18.2 Å². The molecule has 0 spiro atoms. The zero-order chi connectivity index (χ0) is 19.4. The monoisotopic (exact) mass is 367 g/mol. The fourth-order valence-electron chi connectivity index (χ4n) is 3.02. The Morgan fingerprint density at radius 2 is 2.00 bits per heavy atom. The average molecular weight is 367 g/mol. The Kier molecular flexibility index (Phi) is 5.36. The Hall–Kier alpha value is -3.01. The predicted molar refractivity (Wildman–Crippen MR) is 100 cm³/mol. The van der Waals surface area contributed by atoms with E-state index in [0.717, 1.165) is 5.69 Å². The zero-order valence-corrected chi connectivity index (χ0v) is 15.4. The molecule has 0 saturated heterocycles. The van der Waals surface area contributed by atoms with Crippen LogP contribution in [0.2, 0.25) is 0 Å². The number of halogens is 1. The first-order chi connectivity index (χ1) is 13.0. The van der Waals surface area contributed by atoms with E-state index in [4.69, 9.17) is 6.42 Å². The Balaban J connectivity index is 1.70. The fourth-order valence-corrected chi connectivity index (χ4v) is 3.02. The maximum Gasteiger partial charge on any atom is 0.254 e. The lowest BCUT2D eigenvalue weighted by Gasteiger charge is -2.13. The molecule has 0 fully saturated rings. The van der Waals surface area contributed by atoms with Crippen molar-refractivity contribution in [3.63, 3.8) is 0 Å². The van der Waals surface area contributed by atoms with Crippen LogP contribution in [0.5, 0.6) is 0 Å². The van der Waals surface area contributed by atoms with Crippen LogP contribution in [0.15, 0.2) is 40.7 Å². The van der Waals surface area contributed by atoms with Gasteiger partial charge in [0, 0.05) is 25.8 Å². The molecule has 1 aromatic carbocycles. The highest BCUT2D eigenvalue weighted by Crippen LogP contribution is 2.36. The Labute approximate surface area is 157 Å². The summed E-state index contributed by atoms with van der Waals surface area (Å²) in [5.41, 5.74) is 1.58. The lowest BCUT2D eigenvalue weighted by Crippen LogP contribution is -2.29. The molecule has 1 N–H and O–H groups in total. The number of hydrogen-bond donors (Lipinski definition) is 1. The molecular formula is C20H22FN5O. The van der Waals surface area contributed by atoms with Crippen LogP contribution in [0.4, 0.5) is 4.39 Å². The van der Waals surface area contributed by atoms with E-state index in [9.17, 15) is 9.18 Å². The van der Waals surface area contributed by atoms with E-state index >= 15 is 0 Å². The van der Waals surface area contributed by atoms with Gasteiger partial charge in [-0.1, -0.05) is 13.8 Å². The van der Waals surface area contributed by atoms with Crippen LogP contribution in [0.1, 0.15) is 55.1 Å². The normalized spacial score (nSPS) is 14.2. The first kappa shape index (κ1) is 18.8. The number of carbonyl (C=O) groups is 1. The lowest BCUT2D eigenvalue weighted by atomic mass is 10.0. The van der Waals surface area contributed by atoms with E-state index in [2.05, 4.69) is 26.6 Å². The van der Waals surface area contributed by atoms with Crippen LogP contribution in [0.25, 0.3) is 5.69 Å². The van der Waals surface area contributed by atoms with Crippen molar-refractivity contribution in [2.45, 2.75) is 44.7 Å². The molecule has 1 amide bonds. The Morgan fingerprint density at radius 1 is 1.30 bits per heavy atom. The summed E-state index contributed by atoms with van der Waals surface area (Å²) in [6.45, 7) is 4.44. The summed E-state index contributed by atoms with van der Waals surface area (Å²) in [7, 11) is 0. The number of rotatable bonds is 8. The molecule has 27 heavy (non-hydrogen) atoms. The number of benzene rings is 1. The topological polar surface area (TPSA) is 71.6 Å². The van der Waals surface area contributed by atoms with Gasteiger partial charge >= 0.3 is 0 Å².